The second kappa shape index (κ2) is 7.25. The van der Waals surface area contributed by atoms with Gasteiger partial charge in [-0.05, 0) is 31.3 Å². The van der Waals surface area contributed by atoms with E-state index in [2.05, 4.69) is 48.3 Å². The summed E-state index contributed by atoms with van der Waals surface area (Å²) in [6, 6.07) is 8.59. The lowest BCUT2D eigenvalue weighted by Crippen LogP contribution is -2.25. The molecule has 1 N–H and O–H groups in total. The van der Waals surface area contributed by atoms with Gasteiger partial charge in [-0.3, -0.25) is 0 Å². The molecule has 0 spiro atoms. The van der Waals surface area contributed by atoms with Crippen LogP contribution >= 0.6 is 0 Å². The van der Waals surface area contributed by atoms with Crippen molar-refractivity contribution in [3.05, 3.63) is 36.0 Å². The first-order chi connectivity index (χ1) is 9.81. The van der Waals surface area contributed by atoms with Crippen LogP contribution in [0.2, 0.25) is 0 Å². The highest BCUT2D eigenvalue weighted by Crippen LogP contribution is 2.27. The van der Waals surface area contributed by atoms with Crippen molar-refractivity contribution in [3.63, 3.8) is 0 Å². The lowest BCUT2D eigenvalue weighted by Gasteiger charge is -2.24. The van der Waals surface area contributed by atoms with Crippen molar-refractivity contribution in [2.75, 3.05) is 25.0 Å². The third kappa shape index (κ3) is 3.10. The van der Waals surface area contributed by atoms with Crippen molar-refractivity contribution >= 4 is 16.6 Å². The molecule has 1 aromatic heterocycles. The number of benzene rings is 1. The van der Waals surface area contributed by atoms with E-state index in [9.17, 15) is 0 Å². The fourth-order valence-electron chi connectivity index (χ4n) is 2.58. The first-order valence-electron chi connectivity index (χ1n) is 7.58. The number of rotatable bonds is 7. The summed E-state index contributed by atoms with van der Waals surface area (Å²) < 4.78 is 0. The first-order valence-corrected chi connectivity index (χ1v) is 7.58. The molecular formula is C17H25N3. The fraction of sp³-hybridized carbons (Fsp3) is 0.471. The van der Waals surface area contributed by atoms with Crippen molar-refractivity contribution in [1.82, 2.24) is 10.3 Å². The summed E-state index contributed by atoms with van der Waals surface area (Å²) in [7, 11) is 1.97. The van der Waals surface area contributed by atoms with Gasteiger partial charge in [-0.15, -0.1) is 0 Å². The molecule has 3 nitrogen and oxygen atoms in total. The lowest BCUT2D eigenvalue weighted by atomic mass is 10.1. The molecule has 0 radical (unpaired) electrons. The molecular weight excluding hydrogens is 246 g/mol. The molecule has 0 fully saturated rings. The van der Waals surface area contributed by atoms with Gasteiger partial charge in [0.1, 0.15) is 5.82 Å². The highest BCUT2D eigenvalue weighted by atomic mass is 15.2. The van der Waals surface area contributed by atoms with Crippen molar-refractivity contribution in [2.24, 2.45) is 0 Å². The Labute approximate surface area is 122 Å². The van der Waals surface area contributed by atoms with Crippen LogP contribution < -0.4 is 10.2 Å². The summed E-state index contributed by atoms with van der Waals surface area (Å²) in [6.45, 7) is 7.37. The average Bonchev–Trinajstić information content (AvgIpc) is 2.50. The first kappa shape index (κ1) is 14.8. The summed E-state index contributed by atoms with van der Waals surface area (Å²) >= 11 is 0. The summed E-state index contributed by atoms with van der Waals surface area (Å²) in [5, 5.41) is 5.79. The molecule has 3 heteroatoms. The van der Waals surface area contributed by atoms with E-state index < -0.39 is 0 Å². The van der Waals surface area contributed by atoms with E-state index in [-0.39, 0.29) is 0 Å². The molecule has 1 aromatic carbocycles. The zero-order valence-electron chi connectivity index (χ0n) is 12.8. The van der Waals surface area contributed by atoms with Crippen molar-refractivity contribution in [1.29, 1.82) is 0 Å². The number of hydrogen-bond acceptors (Lipinski definition) is 3. The minimum atomic E-state index is 0.856. The second-order valence-corrected chi connectivity index (χ2v) is 5.12. The lowest BCUT2D eigenvalue weighted by molar-refractivity contribution is 0.725. The SMILES string of the molecule is CCCCN(CC)c1ncc(CNC)c2ccccc12. The molecule has 20 heavy (non-hydrogen) atoms. The molecule has 1 heterocycles. The van der Waals surface area contributed by atoms with E-state index in [0.29, 0.717) is 0 Å². The fourth-order valence-corrected chi connectivity index (χ4v) is 2.58. The van der Waals surface area contributed by atoms with Crippen molar-refractivity contribution < 1.29 is 0 Å². The van der Waals surface area contributed by atoms with Crippen molar-refractivity contribution in [3.8, 4) is 0 Å². The maximum Gasteiger partial charge on any atom is 0.136 e. The topological polar surface area (TPSA) is 28.2 Å². The molecule has 2 rings (SSSR count). The van der Waals surface area contributed by atoms with Gasteiger partial charge >= 0.3 is 0 Å². The molecule has 0 aliphatic rings. The maximum atomic E-state index is 4.74. The van der Waals surface area contributed by atoms with Crippen LogP contribution in [0.1, 0.15) is 32.3 Å². The van der Waals surface area contributed by atoms with Gasteiger partial charge < -0.3 is 10.2 Å². The normalized spacial score (nSPS) is 10.9. The minimum absolute atomic E-state index is 0.856. The number of pyridine rings is 1. The zero-order chi connectivity index (χ0) is 14.4. The number of nitrogens with zero attached hydrogens (tertiary/aromatic N) is 2. The third-order valence-electron chi connectivity index (χ3n) is 3.69. The minimum Gasteiger partial charge on any atom is -0.356 e. The molecule has 0 saturated heterocycles. The Morgan fingerprint density at radius 1 is 1.15 bits per heavy atom. The van der Waals surface area contributed by atoms with E-state index >= 15 is 0 Å². The molecule has 0 atom stereocenters. The Morgan fingerprint density at radius 2 is 1.90 bits per heavy atom. The number of fused-ring (bicyclic) bond motifs is 1. The predicted molar refractivity (Wildman–Crippen MR) is 87.3 cm³/mol. The average molecular weight is 271 g/mol. The highest BCUT2D eigenvalue weighted by molar-refractivity contribution is 5.94. The Balaban J connectivity index is 2.46. The summed E-state index contributed by atoms with van der Waals surface area (Å²) in [6.07, 6.45) is 4.44. The Bertz CT molecular complexity index is 551. The van der Waals surface area contributed by atoms with Crippen LogP contribution in [0.15, 0.2) is 30.5 Å². The van der Waals surface area contributed by atoms with Crippen LogP contribution in [-0.2, 0) is 6.54 Å². The Kier molecular flexibility index (Phi) is 5.36. The monoisotopic (exact) mass is 271 g/mol. The van der Waals surface area contributed by atoms with Gasteiger partial charge in [0.15, 0.2) is 0 Å². The number of aromatic nitrogens is 1. The van der Waals surface area contributed by atoms with Crippen LogP contribution in [0.3, 0.4) is 0 Å². The number of nitrogens with one attached hydrogen (secondary N) is 1. The molecule has 2 aromatic rings. The number of anilines is 1. The van der Waals surface area contributed by atoms with Gasteiger partial charge in [0.2, 0.25) is 0 Å². The van der Waals surface area contributed by atoms with Crippen LogP contribution in [0.25, 0.3) is 10.8 Å². The molecule has 0 amide bonds. The third-order valence-corrected chi connectivity index (χ3v) is 3.69. The summed E-state index contributed by atoms with van der Waals surface area (Å²) in [5.74, 6) is 1.12. The van der Waals surface area contributed by atoms with Crippen LogP contribution in [0.4, 0.5) is 5.82 Å². The standard InChI is InChI=1S/C17H25N3/c1-4-6-11-20(5-2)17-16-10-8-7-9-15(16)14(12-18-3)13-19-17/h7-10,13,18H,4-6,11-12H2,1-3H3. The molecule has 0 aliphatic carbocycles. The van der Waals surface area contributed by atoms with Gasteiger partial charge in [-0.2, -0.15) is 0 Å². The van der Waals surface area contributed by atoms with Crippen LogP contribution in [-0.4, -0.2) is 25.1 Å². The smallest absolute Gasteiger partial charge is 0.136 e. The highest BCUT2D eigenvalue weighted by Gasteiger charge is 2.11. The maximum absolute atomic E-state index is 4.74. The van der Waals surface area contributed by atoms with Crippen LogP contribution in [0, 0.1) is 0 Å². The van der Waals surface area contributed by atoms with Gasteiger partial charge in [-0.1, -0.05) is 37.6 Å². The number of unbranched alkanes of at least 4 members (excludes halogenated alkanes) is 1. The molecule has 0 bridgehead atoms. The van der Waals surface area contributed by atoms with E-state index in [1.165, 1.54) is 29.2 Å². The molecule has 0 aliphatic heterocycles. The molecule has 0 saturated carbocycles. The van der Waals surface area contributed by atoms with Gasteiger partial charge in [0, 0.05) is 31.2 Å². The second-order valence-electron chi connectivity index (χ2n) is 5.12. The predicted octanol–water partition coefficient (Wildman–Crippen LogP) is 3.58. The zero-order valence-corrected chi connectivity index (χ0v) is 12.8. The summed E-state index contributed by atoms with van der Waals surface area (Å²) in [5.41, 5.74) is 1.26. The molecule has 108 valence electrons. The van der Waals surface area contributed by atoms with Gasteiger partial charge in [0.25, 0.3) is 0 Å². The Hall–Kier alpha value is -1.61. The van der Waals surface area contributed by atoms with Crippen molar-refractivity contribution in [2.45, 2.75) is 33.2 Å². The Morgan fingerprint density at radius 3 is 2.55 bits per heavy atom. The van der Waals surface area contributed by atoms with Crippen LogP contribution in [0.5, 0.6) is 0 Å². The van der Waals surface area contributed by atoms with Gasteiger partial charge in [0.05, 0.1) is 0 Å². The molecule has 0 unspecified atom stereocenters. The van der Waals surface area contributed by atoms with E-state index in [0.717, 1.165) is 25.5 Å². The van der Waals surface area contributed by atoms with E-state index in [1.54, 1.807) is 0 Å². The quantitative estimate of drug-likeness (QED) is 0.834. The van der Waals surface area contributed by atoms with E-state index in [1.807, 2.05) is 13.2 Å². The van der Waals surface area contributed by atoms with E-state index in [4.69, 9.17) is 4.98 Å². The van der Waals surface area contributed by atoms with Gasteiger partial charge in [-0.25, -0.2) is 4.98 Å². The summed E-state index contributed by atoms with van der Waals surface area (Å²) in [4.78, 5) is 7.12. The number of hydrogen-bond donors (Lipinski definition) is 1. The largest absolute Gasteiger partial charge is 0.356 e.